The van der Waals surface area contributed by atoms with Crippen molar-refractivity contribution < 1.29 is 4.39 Å². The first-order valence-electron chi connectivity index (χ1n) is 2.44. The summed E-state index contributed by atoms with van der Waals surface area (Å²) in [6, 6.07) is 0. The van der Waals surface area contributed by atoms with Gasteiger partial charge in [0.1, 0.15) is 6.54 Å². The largest absolute Gasteiger partial charge is 0.258 e. The standard InChI is InChI=1S/C6H5FN2/c1-2-3-9-5-6(7)4-8-9/h1,4-5H,3H2. The van der Waals surface area contributed by atoms with Crippen molar-refractivity contribution in [1.82, 2.24) is 9.78 Å². The molecule has 0 unspecified atom stereocenters. The van der Waals surface area contributed by atoms with E-state index in [4.69, 9.17) is 6.42 Å². The summed E-state index contributed by atoms with van der Waals surface area (Å²) in [4.78, 5) is 0. The minimum Gasteiger partial charge on any atom is -0.258 e. The lowest BCUT2D eigenvalue weighted by Crippen LogP contribution is -1.93. The third-order valence-electron chi connectivity index (χ3n) is 0.855. The highest BCUT2D eigenvalue weighted by atomic mass is 19.1. The molecule has 0 saturated heterocycles. The van der Waals surface area contributed by atoms with E-state index in [9.17, 15) is 4.39 Å². The first-order valence-corrected chi connectivity index (χ1v) is 2.44. The molecule has 1 aromatic heterocycles. The van der Waals surface area contributed by atoms with Gasteiger partial charge >= 0.3 is 0 Å². The third kappa shape index (κ3) is 1.29. The normalized spacial score (nSPS) is 8.89. The Balaban J connectivity index is 2.76. The maximum atomic E-state index is 12.1. The quantitative estimate of drug-likeness (QED) is 0.503. The third-order valence-corrected chi connectivity index (χ3v) is 0.855. The number of terminal acetylenes is 1. The molecule has 3 heteroatoms. The Morgan fingerprint density at radius 3 is 3.11 bits per heavy atom. The van der Waals surface area contributed by atoms with Crippen LogP contribution in [0, 0.1) is 18.2 Å². The van der Waals surface area contributed by atoms with Gasteiger partial charge in [0, 0.05) is 0 Å². The second-order valence-electron chi connectivity index (χ2n) is 1.56. The summed E-state index contributed by atoms with van der Waals surface area (Å²) in [7, 11) is 0. The zero-order valence-corrected chi connectivity index (χ0v) is 4.71. The summed E-state index contributed by atoms with van der Waals surface area (Å²) in [5.74, 6) is 1.97. The Morgan fingerprint density at radius 1 is 1.89 bits per heavy atom. The first kappa shape index (κ1) is 5.83. The molecule has 9 heavy (non-hydrogen) atoms. The van der Waals surface area contributed by atoms with E-state index in [1.165, 1.54) is 10.9 Å². The van der Waals surface area contributed by atoms with E-state index < -0.39 is 0 Å². The minimum absolute atomic E-state index is 0.323. The number of hydrogen-bond acceptors (Lipinski definition) is 1. The van der Waals surface area contributed by atoms with Gasteiger partial charge in [-0.1, -0.05) is 5.92 Å². The summed E-state index contributed by atoms with van der Waals surface area (Å²) in [5, 5.41) is 3.60. The van der Waals surface area contributed by atoms with E-state index in [2.05, 4.69) is 11.0 Å². The SMILES string of the molecule is C#CCn1cc(F)cn1. The van der Waals surface area contributed by atoms with Crippen molar-refractivity contribution in [3.05, 3.63) is 18.2 Å². The van der Waals surface area contributed by atoms with E-state index in [0.29, 0.717) is 6.54 Å². The van der Waals surface area contributed by atoms with Crippen LogP contribution in [0.25, 0.3) is 0 Å². The molecule has 0 aromatic carbocycles. The van der Waals surface area contributed by atoms with E-state index in [1.807, 2.05) is 0 Å². The second-order valence-corrected chi connectivity index (χ2v) is 1.56. The number of hydrogen-bond donors (Lipinski definition) is 0. The van der Waals surface area contributed by atoms with Gasteiger partial charge in [0.25, 0.3) is 0 Å². The van der Waals surface area contributed by atoms with Crippen molar-refractivity contribution >= 4 is 0 Å². The fraction of sp³-hybridized carbons (Fsp3) is 0.167. The second kappa shape index (κ2) is 2.31. The molecule has 0 aliphatic rings. The Morgan fingerprint density at radius 2 is 2.67 bits per heavy atom. The fourth-order valence-corrected chi connectivity index (χ4v) is 0.518. The summed E-state index contributed by atoms with van der Waals surface area (Å²) in [5.41, 5.74) is 0. The van der Waals surface area contributed by atoms with Crippen molar-refractivity contribution in [3.63, 3.8) is 0 Å². The minimum atomic E-state index is -0.356. The number of halogens is 1. The van der Waals surface area contributed by atoms with Crippen LogP contribution in [0.2, 0.25) is 0 Å². The van der Waals surface area contributed by atoms with Crippen LogP contribution in [0.3, 0.4) is 0 Å². The predicted octanol–water partition coefficient (Wildman–Crippen LogP) is 0.655. The van der Waals surface area contributed by atoms with Gasteiger partial charge in [-0.2, -0.15) is 5.10 Å². The van der Waals surface area contributed by atoms with Gasteiger partial charge in [-0.15, -0.1) is 6.42 Å². The number of nitrogens with zero attached hydrogens (tertiary/aromatic N) is 2. The Hall–Kier alpha value is -1.30. The van der Waals surface area contributed by atoms with Crippen molar-refractivity contribution in [3.8, 4) is 12.3 Å². The van der Waals surface area contributed by atoms with Crippen LogP contribution < -0.4 is 0 Å². The van der Waals surface area contributed by atoms with E-state index in [1.54, 1.807) is 0 Å². The lowest BCUT2D eigenvalue weighted by atomic mass is 10.6. The van der Waals surface area contributed by atoms with Gasteiger partial charge < -0.3 is 0 Å². The molecule has 0 spiro atoms. The monoisotopic (exact) mass is 124 g/mol. The molecule has 0 amide bonds. The van der Waals surface area contributed by atoms with Gasteiger partial charge in [0.15, 0.2) is 5.82 Å². The molecule has 46 valence electrons. The Labute approximate surface area is 52.3 Å². The van der Waals surface area contributed by atoms with E-state index in [0.717, 1.165) is 6.20 Å². The van der Waals surface area contributed by atoms with Gasteiger partial charge in [-0.25, -0.2) is 4.39 Å². The Kier molecular flexibility index (Phi) is 1.50. The van der Waals surface area contributed by atoms with Crippen LogP contribution in [0.15, 0.2) is 12.4 Å². The van der Waals surface area contributed by atoms with Crippen LogP contribution >= 0.6 is 0 Å². The van der Waals surface area contributed by atoms with E-state index >= 15 is 0 Å². The average molecular weight is 124 g/mol. The summed E-state index contributed by atoms with van der Waals surface area (Å²) in [6.07, 6.45) is 7.31. The summed E-state index contributed by atoms with van der Waals surface area (Å²) < 4.78 is 13.5. The topological polar surface area (TPSA) is 17.8 Å². The molecule has 1 rings (SSSR count). The lowest BCUT2D eigenvalue weighted by Gasteiger charge is -1.87. The number of aromatic nitrogens is 2. The van der Waals surface area contributed by atoms with Crippen molar-refractivity contribution in [2.24, 2.45) is 0 Å². The first-order chi connectivity index (χ1) is 4.33. The maximum Gasteiger partial charge on any atom is 0.161 e. The van der Waals surface area contributed by atoms with Crippen LogP contribution in [0.4, 0.5) is 4.39 Å². The van der Waals surface area contributed by atoms with Crippen LogP contribution in [0.1, 0.15) is 0 Å². The maximum absolute atomic E-state index is 12.1. The highest BCUT2D eigenvalue weighted by molar-refractivity contribution is 4.89. The molecule has 1 aromatic rings. The molecular formula is C6H5FN2. The predicted molar refractivity (Wildman–Crippen MR) is 31.0 cm³/mol. The zero-order chi connectivity index (χ0) is 6.69. The summed E-state index contributed by atoms with van der Waals surface area (Å²) >= 11 is 0. The van der Waals surface area contributed by atoms with Gasteiger partial charge in [0.2, 0.25) is 0 Å². The van der Waals surface area contributed by atoms with Crippen molar-refractivity contribution in [1.29, 1.82) is 0 Å². The summed E-state index contributed by atoms with van der Waals surface area (Å²) in [6.45, 7) is 0.323. The molecule has 0 radical (unpaired) electrons. The van der Waals surface area contributed by atoms with Crippen LogP contribution in [-0.4, -0.2) is 9.78 Å². The fourth-order valence-electron chi connectivity index (χ4n) is 0.518. The molecule has 0 saturated carbocycles. The molecule has 0 atom stereocenters. The van der Waals surface area contributed by atoms with Gasteiger partial charge in [-0.05, 0) is 0 Å². The molecule has 0 bridgehead atoms. The van der Waals surface area contributed by atoms with Crippen molar-refractivity contribution in [2.75, 3.05) is 0 Å². The highest BCUT2D eigenvalue weighted by Crippen LogP contribution is 1.91. The Bertz CT molecular complexity index is 233. The molecule has 2 nitrogen and oxygen atoms in total. The molecule has 0 N–H and O–H groups in total. The molecular weight excluding hydrogens is 119 g/mol. The lowest BCUT2D eigenvalue weighted by molar-refractivity contribution is 0.622. The molecule has 0 fully saturated rings. The highest BCUT2D eigenvalue weighted by Gasteiger charge is 1.91. The van der Waals surface area contributed by atoms with Crippen LogP contribution in [0.5, 0.6) is 0 Å². The van der Waals surface area contributed by atoms with E-state index in [-0.39, 0.29) is 5.82 Å². The van der Waals surface area contributed by atoms with Crippen molar-refractivity contribution in [2.45, 2.75) is 6.54 Å². The van der Waals surface area contributed by atoms with Crippen LogP contribution in [-0.2, 0) is 6.54 Å². The smallest absolute Gasteiger partial charge is 0.161 e. The van der Waals surface area contributed by atoms with Gasteiger partial charge in [0.05, 0.1) is 12.4 Å². The molecule has 0 aliphatic heterocycles. The molecule has 1 heterocycles. The molecule has 0 aliphatic carbocycles. The average Bonchev–Trinajstić information content (AvgIpc) is 2.17. The van der Waals surface area contributed by atoms with Gasteiger partial charge in [-0.3, -0.25) is 4.68 Å². The zero-order valence-electron chi connectivity index (χ0n) is 4.71. The number of rotatable bonds is 1.